The summed E-state index contributed by atoms with van der Waals surface area (Å²) in [5, 5.41) is 6.79. The molecule has 1 aromatic carbocycles. The van der Waals surface area contributed by atoms with Crippen molar-refractivity contribution in [2.75, 3.05) is 72.9 Å². The van der Waals surface area contributed by atoms with Crippen molar-refractivity contribution in [3.05, 3.63) is 35.9 Å². The Morgan fingerprint density at radius 1 is 1.07 bits per heavy atom. The number of nitrogens with zero attached hydrogens (tertiary/aromatic N) is 2. The van der Waals surface area contributed by atoms with Crippen LogP contribution in [0, 0.1) is 0 Å². The number of hydrogen-bond donors (Lipinski definition) is 2. The third kappa shape index (κ3) is 10.9. The zero-order chi connectivity index (χ0) is 20.6. The highest BCUT2D eigenvalue weighted by molar-refractivity contribution is 14.0. The van der Waals surface area contributed by atoms with Gasteiger partial charge in [-0.2, -0.15) is 0 Å². The zero-order valence-electron chi connectivity index (χ0n) is 18.5. The van der Waals surface area contributed by atoms with Crippen LogP contribution in [-0.2, 0) is 14.2 Å². The Morgan fingerprint density at radius 3 is 2.43 bits per heavy atom. The van der Waals surface area contributed by atoms with Crippen LogP contribution < -0.4 is 10.6 Å². The van der Waals surface area contributed by atoms with E-state index >= 15 is 0 Å². The Balaban J connectivity index is 0.00000450. The maximum absolute atomic E-state index is 5.61. The van der Waals surface area contributed by atoms with Crippen molar-refractivity contribution in [3.63, 3.8) is 0 Å². The van der Waals surface area contributed by atoms with Crippen molar-refractivity contribution < 1.29 is 14.2 Å². The second-order valence-electron chi connectivity index (χ2n) is 7.03. The molecule has 1 aliphatic heterocycles. The van der Waals surface area contributed by atoms with Gasteiger partial charge >= 0.3 is 0 Å². The second-order valence-corrected chi connectivity index (χ2v) is 7.03. The number of unbranched alkanes of at least 4 members (excludes halogenated alkanes) is 1. The lowest BCUT2D eigenvalue weighted by Gasteiger charge is -2.35. The van der Waals surface area contributed by atoms with Crippen LogP contribution in [0.1, 0.15) is 31.4 Å². The minimum atomic E-state index is 0. The first-order valence-electron chi connectivity index (χ1n) is 10.8. The highest BCUT2D eigenvalue weighted by Crippen LogP contribution is 2.20. The van der Waals surface area contributed by atoms with E-state index < -0.39 is 0 Å². The van der Waals surface area contributed by atoms with Crippen molar-refractivity contribution in [2.24, 2.45) is 4.99 Å². The van der Waals surface area contributed by atoms with E-state index in [1.165, 1.54) is 5.56 Å². The topological polar surface area (TPSA) is 67.4 Å². The van der Waals surface area contributed by atoms with Crippen LogP contribution in [0.2, 0.25) is 0 Å². The maximum atomic E-state index is 5.61. The van der Waals surface area contributed by atoms with Crippen molar-refractivity contribution in [2.45, 2.75) is 25.8 Å². The molecule has 0 saturated carbocycles. The van der Waals surface area contributed by atoms with Crippen molar-refractivity contribution in [3.8, 4) is 0 Å². The average molecular weight is 534 g/mol. The van der Waals surface area contributed by atoms with E-state index in [0.717, 1.165) is 58.3 Å². The van der Waals surface area contributed by atoms with Gasteiger partial charge in [-0.3, -0.25) is 9.89 Å². The molecule has 0 amide bonds. The molecule has 0 aromatic heterocycles. The van der Waals surface area contributed by atoms with E-state index in [2.05, 4.69) is 57.8 Å². The first-order valence-corrected chi connectivity index (χ1v) is 10.8. The van der Waals surface area contributed by atoms with Gasteiger partial charge in [-0.1, -0.05) is 43.7 Å². The summed E-state index contributed by atoms with van der Waals surface area (Å²) in [6, 6.07) is 10.9. The van der Waals surface area contributed by atoms with Crippen molar-refractivity contribution >= 4 is 29.9 Å². The molecule has 1 heterocycles. The molecule has 1 fully saturated rings. The summed E-state index contributed by atoms with van der Waals surface area (Å²) >= 11 is 0. The fraction of sp³-hybridized carbons (Fsp3) is 0.682. The Labute approximate surface area is 199 Å². The number of morpholine rings is 1. The lowest BCUT2D eigenvalue weighted by atomic mass is 10.0. The zero-order valence-corrected chi connectivity index (χ0v) is 20.8. The second kappa shape index (κ2) is 17.7. The number of guanidine groups is 1. The summed E-state index contributed by atoms with van der Waals surface area (Å²) in [6.45, 7) is 9.86. The summed E-state index contributed by atoms with van der Waals surface area (Å²) in [7, 11) is 1.80. The highest BCUT2D eigenvalue weighted by atomic mass is 127. The van der Waals surface area contributed by atoms with Crippen LogP contribution in [0.3, 0.4) is 0 Å². The smallest absolute Gasteiger partial charge is 0.191 e. The molecule has 0 radical (unpaired) electrons. The van der Waals surface area contributed by atoms with E-state index in [1.807, 2.05) is 0 Å². The Morgan fingerprint density at radius 2 is 1.77 bits per heavy atom. The quantitative estimate of drug-likeness (QED) is 0.176. The number of nitrogens with one attached hydrogen (secondary N) is 2. The van der Waals surface area contributed by atoms with Crippen LogP contribution in [0.5, 0.6) is 0 Å². The van der Waals surface area contributed by atoms with Gasteiger partial charge in [-0.15, -0.1) is 24.0 Å². The van der Waals surface area contributed by atoms with Gasteiger partial charge in [-0.05, 0) is 12.0 Å². The predicted molar refractivity (Wildman–Crippen MR) is 133 cm³/mol. The minimum Gasteiger partial charge on any atom is -0.379 e. The fourth-order valence-corrected chi connectivity index (χ4v) is 3.25. The molecular formula is C22H39IN4O3. The molecule has 0 aliphatic carbocycles. The third-order valence-corrected chi connectivity index (χ3v) is 4.91. The molecule has 1 aromatic rings. The van der Waals surface area contributed by atoms with E-state index in [-0.39, 0.29) is 30.0 Å². The van der Waals surface area contributed by atoms with Gasteiger partial charge in [0.15, 0.2) is 5.96 Å². The van der Waals surface area contributed by atoms with Gasteiger partial charge in [0.2, 0.25) is 0 Å². The van der Waals surface area contributed by atoms with Crippen molar-refractivity contribution in [1.82, 2.24) is 15.5 Å². The molecule has 172 valence electrons. The van der Waals surface area contributed by atoms with Gasteiger partial charge in [0.25, 0.3) is 0 Å². The van der Waals surface area contributed by atoms with Crippen molar-refractivity contribution in [1.29, 1.82) is 0 Å². The van der Waals surface area contributed by atoms with Crippen LogP contribution >= 0.6 is 24.0 Å². The van der Waals surface area contributed by atoms with E-state index in [0.29, 0.717) is 26.4 Å². The van der Waals surface area contributed by atoms with Gasteiger partial charge in [-0.25, -0.2) is 0 Å². The lowest BCUT2D eigenvalue weighted by molar-refractivity contribution is 0.0170. The monoisotopic (exact) mass is 534 g/mol. The lowest BCUT2D eigenvalue weighted by Crippen LogP contribution is -2.46. The number of halogens is 1. The fourth-order valence-electron chi connectivity index (χ4n) is 3.25. The molecule has 0 spiro atoms. The van der Waals surface area contributed by atoms with Gasteiger partial charge in [0.05, 0.1) is 39.1 Å². The molecule has 1 atom stereocenters. The van der Waals surface area contributed by atoms with E-state index in [9.17, 15) is 0 Å². The largest absolute Gasteiger partial charge is 0.379 e. The molecule has 8 heteroatoms. The summed E-state index contributed by atoms with van der Waals surface area (Å²) in [5.74, 6) is 0.794. The van der Waals surface area contributed by atoms with Gasteiger partial charge in [0.1, 0.15) is 0 Å². The number of ether oxygens (including phenoxy) is 3. The summed E-state index contributed by atoms with van der Waals surface area (Å²) < 4.78 is 16.6. The predicted octanol–water partition coefficient (Wildman–Crippen LogP) is 2.68. The van der Waals surface area contributed by atoms with Crippen LogP contribution in [0.4, 0.5) is 0 Å². The Bertz CT molecular complexity index is 557. The molecule has 30 heavy (non-hydrogen) atoms. The minimum absolute atomic E-state index is 0. The average Bonchev–Trinajstić information content (AvgIpc) is 2.78. The van der Waals surface area contributed by atoms with Crippen LogP contribution in [0.25, 0.3) is 0 Å². The summed E-state index contributed by atoms with van der Waals surface area (Å²) in [4.78, 5) is 6.81. The number of rotatable bonds is 13. The molecule has 7 nitrogen and oxygen atoms in total. The highest BCUT2D eigenvalue weighted by Gasteiger charge is 2.22. The Kier molecular flexibility index (Phi) is 16.0. The third-order valence-electron chi connectivity index (χ3n) is 4.91. The molecular weight excluding hydrogens is 495 g/mol. The number of benzene rings is 1. The number of aliphatic imine (C=N–C) groups is 1. The normalized spacial score (nSPS) is 16.0. The van der Waals surface area contributed by atoms with Gasteiger partial charge < -0.3 is 24.8 Å². The Hall–Kier alpha value is -0.940. The first-order chi connectivity index (χ1) is 14.3. The van der Waals surface area contributed by atoms with E-state index in [4.69, 9.17) is 14.2 Å². The molecule has 2 rings (SSSR count). The molecule has 1 aliphatic rings. The standard InChI is InChI=1S/C22H38N4O3.HI/c1-3-4-13-27-17-18-28-14-10-24-22(23-2)25-19-21(20-8-6-5-7-9-20)26-11-15-29-16-12-26;/h5-9,21H,3-4,10-19H2,1-2H3,(H2,23,24,25);1H. The summed E-state index contributed by atoms with van der Waals surface area (Å²) in [6.07, 6.45) is 2.27. The molecule has 1 saturated heterocycles. The van der Waals surface area contributed by atoms with Crippen LogP contribution in [0.15, 0.2) is 35.3 Å². The maximum Gasteiger partial charge on any atom is 0.191 e. The SMILES string of the molecule is CCCCOCCOCCNC(=NC)NCC(c1ccccc1)N1CCOCC1.I. The van der Waals surface area contributed by atoms with Gasteiger partial charge in [0, 0.05) is 39.8 Å². The first kappa shape index (κ1) is 27.1. The van der Waals surface area contributed by atoms with E-state index in [1.54, 1.807) is 7.05 Å². The number of hydrogen-bond acceptors (Lipinski definition) is 5. The molecule has 1 unspecified atom stereocenters. The molecule has 2 N–H and O–H groups in total. The van der Waals surface area contributed by atoms with Crippen LogP contribution in [-0.4, -0.2) is 83.7 Å². The summed E-state index contributed by atoms with van der Waals surface area (Å²) in [5.41, 5.74) is 1.31. The molecule has 0 bridgehead atoms.